The van der Waals surface area contributed by atoms with E-state index in [1.165, 1.54) is 35.6 Å². The molecular weight excluding hydrogens is 440 g/mol. The number of amides is 1. The highest BCUT2D eigenvalue weighted by atomic mass is 79.9. The zero-order chi connectivity index (χ0) is 20.1. The first-order chi connectivity index (χ1) is 13.4. The summed E-state index contributed by atoms with van der Waals surface area (Å²) in [6.45, 7) is 0.272. The molecule has 0 spiro atoms. The third kappa shape index (κ3) is 4.86. The smallest absolute Gasteiger partial charge is 0.255 e. The summed E-state index contributed by atoms with van der Waals surface area (Å²) in [5, 5.41) is 2.78. The van der Waals surface area contributed by atoms with Crippen molar-refractivity contribution in [2.75, 3.05) is 12.4 Å². The van der Waals surface area contributed by atoms with E-state index in [0.29, 0.717) is 11.3 Å². The molecule has 0 aliphatic heterocycles. The lowest BCUT2D eigenvalue weighted by Crippen LogP contribution is -2.26. The molecule has 28 heavy (non-hydrogen) atoms. The van der Waals surface area contributed by atoms with Crippen LogP contribution in [-0.4, -0.2) is 25.7 Å². The van der Waals surface area contributed by atoms with Gasteiger partial charge in [0.1, 0.15) is 0 Å². The molecule has 0 heterocycles. The maximum Gasteiger partial charge on any atom is 0.255 e. The van der Waals surface area contributed by atoms with Crippen molar-refractivity contribution < 1.29 is 13.2 Å². The lowest BCUT2D eigenvalue weighted by atomic mass is 10.2. The van der Waals surface area contributed by atoms with E-state index in [-0.39, 0.29) is 17.3 Å². The van der Waals surface area contributed by atoms with Gasteiger partial charge in [0.2, 0.25) is 10.0 Å². The van der Waals surface area contributed by atoms with E-state index in [1.807, 2.05) is 42.5 Å². The average molecular weight is 459 g/mol. The van der Waals surface area contributed by atoms with Crippen molar-refractivity contribution in [2.24, 2.45) is 0 Å². The molecule has 0 saturated heterocycles. The topological polar surface area (TPSA) is 66.5 Å². The summed E-state index contributed by atoms with van der Waals surface area (Å²) in [5.41, 5.74) is 1.93. The van der Waals surface area contributed by atoms with E-state index in [9.17, 15) is 13.2 Å². The van der Waals surface area contributed by atoms with Gasteiger partial charge in [0.15, 0.2) is 0 Å². The van der Waals surface area contributed by atoms with E-state index in [1.54, 1.807) is 12.1 Å². The SMILES string of the molecule is CN(Cc1ccccc1)S(=O)(=O)c1ccc(C(=O)Nc2cccc(Br)c2)cc1. The lowest BCUT2D eigenvalue weighted by Gasteiger charge is -2.17. The summed E-state index contributed by atoms with van der Waals surface area (Å²) in [5.74, 6) is -0.306. The second-order valence-electron chi connectivity index (χ2n) is 6.24. The summed E-state index contributed by atoms with van der Waals surface area (Å²) in [6.07, 6.45) is 0. The molecule has 0 atom stereocenters. The monoisotopic (exact) mass is 458 g/mol. The van der Waals surface area contributed by atoms with Crippen LogP contribution in [-0.2, 0) is 16.6 Å². The third-order valence-electron chi connectivity index (χ3n) is 4.16. The highest BCUT2D eigenvalue weighted by Gasteiger charge is 2.21. The van der Waals surface area contributed by atoms with Gasteiger partial charge in [-0.2, -0.15) is 4.31 Å². The first kappa shape index (κ1) is 20.3. The van der Waals surface area contributed by atoms with Crippen LogP contribution < -0.4 is 5.32 Å². The fourth-order valence-corrected chi connectivity index (χ4v) is 4.21. The highest BCUT2D eigenvalue weighted by molar-refractivity contribution is 9.10. The Bertz CT molecular complexity index is 1070. The van der Waals surface area contributed by atoms with Crippen molar-refractivity contribution in [3.8, 4) is 0 Å². The Labute approximate surface area is 173 Å². The Kier molecular flexibility index (Phi) is 6.28. The minimum absolute atomic E-state index is 0.143. The minimum Gasteiger partial charge on any atom is -0.322 e. The Morgan fingerprint density at radius 2 is 1.64 bits per heavy atom. The molecule has 1 N–H and O–H groups in total. The van der Waals surface area contributed by atoms with Gasteiger partial charge < -0.3 is 5.32 Å². The van der Waals surface area contributed by atoms with Gasteiger partial charge >= 0.3 is 0 Å². The van der Waals surface area contributed by atoms with Crippen LogP contribution in [0.25, 0.3) is 0 Å². The van der Waals surface area contributed by atoms with E-state index < -0.39 is 10.0 Å². The number of carbonyl (C=O) groups is 1. The third-order valence-corrected chi connectivity index (χ3v) is 6.47. The molecule has 0 aliphatic carbocycles. The van der Waals surface area contributed by atoms with E-state index in [4.69, 9.17) is 0 Å². The number of benzene rings is 3. The van der Waals surface area contributed by atoms with Crippen LogP contribution >= 0.6 is 15.9 Å². The lowest BCUT2D eigenvalue weighted by molar-refractivity contribution is 0.102. The van der Waals surface area contributed by atoms with Crippen LogP contribution in [0.5, 0.6) is 0 Å². The first-order valence-electron chi connectivity index (χ1n) is 8.53. The number of anilines is 1. The van der Waals surface area contributed by atoms with Gasteiger partial charge in [0, 0.05) is 29.3 Å². The Morgan fingerprint density at radius 3 is 2.29 bits per heavy atom. The number of hydrogen-bond donors (Lipinski definition) is 1. The minimum atomic E-state index is -3.65. The zero-order valence-electron chi connectivity index (χ0n) is 15.2. The highest BCUT2D eigenvalue weighted by Crippen LogP contribution is 2.19. The van der Waals surface area contributed by atoms with Crippen molar-refractivity contribution in [1.82, 2.24) is 4.31 Å². The largest absolute Gasteiger partial charge is 0.322 e. The molecule has 1 amide bonds. The number of hydrogen-bond acceptors (Lipinski definition) is 3. The van der Waals surface area contributed by atoms with Crippen molar-refractivity contribution in [3.05, 3.63) is 94.5 Å². The molecule has 144 valence electrons. The van der Waals surface area contributed by atoms with Crippen LogP contribution in [0.2, 0.25) is 0 Å². The molecule has 0 unspecified atom stereocenters. The predicted molar refractivity (Wildman–Crippen MR) is 114 cm³/mol. The number of halogens is 1. The number of carbonyl (C=O) groups excluding carboxylic acids is 1. The average Bonchev–Trinajstić information content (AvgIpc) is 2.69. The second kappa shape index (κ2) is 8.68. The molecule has 0 fully saturated rings. The maximum atomic E-state index is 12.8. The summed E-state index contributed by atoms with van der Waals surface area (Å²) < 4.78 is 27.7. The molecule has 3 rings (SSSR count). The van der Waals surface area contributed by atoms with Crippen LogP contribution in [0.15, 0.2) is 88.2 Å². The molecule has 3 aromatic rings. The predicted octanol–water partition coefficient (Wildman–Crippen LogP) is 4.52. The van der Waals surface area contributed by atoms with Gasteiger partial charge in [-0.05, 0) is 48.0 Å². The number of rotatable bonds is 6. The van der Waals surface area contributed by atoms with Gasteiger partial charge in [-0.25, -0.2) is 8.42 Å². The fourth-order valence-electron chi connectivity index (χ4n) is 2.65. The normalized spacial score (nSPS) is 11.4. The van der Waals surface area contributed by atoms with Gasteiger partial charge in [-0.3, -0.25) is 4.79 Å². The molecule has 0 bridgehead atoms. The fraction of sp³-hybridized carbons (Fsp3) is 0.0952. The summed E-state index contributed by atoms with van der Waals surface area (Å²) in [7, 11) is -2.11. The number of nitrogens with one attached hydrogen (secondary N) is 1. The van der Waals surface area contributed by atoms with Crippen LogP contribution in [0.4, 0.5) is 5.69 Å². The molecule has 0 radical (unpaired) electrons. The van der Waals surface area contributed by atoms with E-state index in [0.717, 1.165) is 10.0 Å². The first-order valence-corrected chi connectivity index (χ1v) is 10.8. The van der Waals surface area contributed by atoms with E-state index in [2.05, 4.69) is 21.2 Å². The van der Waals surface area contributed by atoms with Gasteiger partial charge in [0.05, 0.1) is 4.90 Å². The van der Waals surface area contributed by atoms with Gasteiger partial charge in [0.25, 0.3) is 5.91 Å². The van der Waals surface area contributed by atoms with Crippen molar-refractivity contribution in [1.29, 1.82) is 0 Å². The number of nitrogens with zero attached hydrogens (tertiary/aromatic N) is 1. The molecule has 3 aromatic carbocycles. The van der Waals surface area contributed by atoms with Crippen LogP contribution in [0, 0.1) is 0 Å². The van der Waals surface area contributed by atoms with Crippen LogP contribution in [0.1, 0.15) is 15.9 Å². The van der Waals surface area contributed by atoms with Crippen molar-refractivity contribution in [2.45, 2.75) is 11.4 Å². The molecule has 5 nitrogen and oxygen atoms in total. The molecule has 0 saturated carbocycles. The number of sulfonamides is 1. The summed E-state index contributed by atoms with van der Waals surface area (Å²) in [6, 6.07) is 22.5. The maximum absolute atomic E-state index is 12.8. The second-order valence-corrected chi connectivity index (χ2v) is 9.20. The molecular formula is C21H19BrN2O3S. The van der Waals surface area contributed by atoms with Crippen molar-refractivity contribution >= 4 is 37.5 Å². The zero-order valence-corrected chi connectivity index (χ0v) is 17.6. The Morgan fingerprint density at radius 1 is 0.964 bits per heavy atom. The van der Waals surface area contributed by atoms with E-state index >= 15 is 0 Å². The van der Waals surface area contributed by atoms with Crippen molar-refractivity contribution in [3.63, 3.8) is 0 Å². The molecule has 7 heteroatoms. The standard InChI is InChI=1S/C21H19BrN2O3S/c1-24(15-16-6-3-2-4-7-16)28(26,27)20-12-10-17(11-13-20)21(25)23-19-9-5-8-18(22)14-19/h2-14H,15H2,1H3,(H,23,25). The van der Waals surface area contributed by atoms with Crippen LogP contribution in [0.3, 0.4) is 0 Å². The molecule has 0 aliphatic rings. The quantitative estimate of drug-likeness (QED) is 0.590. The molecule has 0 aromatic heterocycles. The van der Waals surface area contributed by atoms with Gasteiger partial charge in [-0.1, -0.05) is 52.3 Å². The summed E-state index contributed by atoms with van der Waals surface area (Å²) >= 11 is 3.35. The Hall–Kier alpha value is -2.48. The van der Waals surface area contributed by atoms with Gasteiger partial charge in [-0.15, -0.1) is 0 Å². The Balaban J connectivity index is 1.72. The summed E-state index contributed by atoms with van der Waals surface area (Å²) in [4.78, 5) is 12.5.